The maximum Gasteiger partial charge on any atom is 0.290 e. The minimum absolute atomic E-state index is 0.00918. The Morgan fingerprint density at radius 2 is 2.00 bits per heavy atom. The summed E-state index contributed by atoms with van der Waals surface area (Å²) in [6.45, 7) is 3.75. The number of nitrogens with zero attached hydrogens (tertiary/aromatic N) is 2. The summed E-state index contributed by atoms with van der Waals surface area (Å²) in [7, 11) is 1.46. The number of aromatic nitrogens is 2. The minimum Gasteiger partial charge on any atom is -0.483 e. The van der Waals surface area contributed by atoms with Crippen LogP contribution in [0.25, 0.3) is 0 Å². The molecule has 1 unspecified atom stereocenters. The molecule has 0 radical (unpaired) electrons. The molecule has 25 heavy (non-hydrogen) atoms. The lowest BCUT2D eigenvalue weighted by Gasteiger charge is -2.11. The van der Waals surface area contributed by atoms with E-state index in [1.807, 2.05) is 31.2 Å². The zero-order chi connectivity index (χ0) is 18.7. The Bertz CT molecular complexity index is 660. The van der Waals surface area contributed by atoms with Crippen molar-refractivity contribution in [2.75, 3.05) is 19.0 Å². The summed E-state index contributed by atoms with van der Waals surface area (Å²) in [5, 5.41) is 18.6. The average molecular weight is 367 g/mol. The van der Waals surface area contributed by atoms with E-state index in [0.29, 0.717) is 10.1 Å². The highest BCUT2D eigenvalue weighted by atomic mass is 32.1. The van der Waals surface area contributed by atoms with E-state index in [0.717, 1.165) is 12.2 Å². The Hall–Kier alpha value is -2.52. The van der Waals surface area contributed by atoms with Crippen molar-refractivity contribution in [2.24, 2.45) is 0 Å². The van der Waals surface area contributed by atoms with Gasteiger partial charge in [-0.1, -0.05) is 30.4 Å². The first-order valence-electron chi connectivity index (χ1n) is 7.49. The molecule has 0 saturated carbocycles. The number of nitrogens with one attached hydrogen (secondary N) is 1. The second kappa shape index (κ2) is 11.1. The van der Waals surface area contributed by atoms with Crippen LogP contribution in [0.4, 0.5) is 5.13 Å². The third-order valence-electron chi connectivity index (χ3n) is 2.95. The molecule has 1 aromatic carbocycles. The molecule has 136 valence electrons. The van der Waals surface area contributed by atoms with Crippen LogP contribution in [0.2, 0.25) is 0 Å². The molecule has 2 rings (SSSR count). The van der Waals surface area contributed by atoms with Crippen LogP contribution in [0.15, 0.2) is 24.3 Å². The Morgan fingerprint density at radius 1 is 1.36 bits per heavy atom. The smallest absolute Gasteiger partial charge is 0.290 e. The van der Waals surface area contributed by atoms with Crippen molar-refractivity contribution in [1.29, 1.82) is 0 Å². The number of rotatable bonds is 7. The molecule has 1 heterocycles. The van der Waals surface area contributed by atoms with E-state index in [4.69, 9.17) is 19.4 Å². The van der Waals surface area contributed by atoms with Crippen LogP contribution in [0.5, 0.6) is 5.75 Å². The van der Waals surface area contributed by atoms with Crippen molar-refractivity contribution >= 4 is 28.8 Å². The number of carbonyl (C=O) groups excluding carboxylic acids is 1. The van der Waals surface area contributed by atoms with Gasteiger partial charge in [0, 0.05) is 7.11 Å². The van der Waals surface area contributed by atoms with Gasteiger partial charge in [-0.2, -0.15) is 0 Å². The van der Waals surface area contributed by atoms with Crippen LogP contribution in [0.3, 0.4) is 0 Å². The first-order valence-corrected chi connectivity index (χ1v) is 8.31. The Morgan fingerprint density at radius 3 is 2.56 bits per heavy atom. The highest BCUT2D eigenvalue weighted by molar-refractivity contribution is 7.15. The molecule has 1 aromatic heterocycles. The molecule has 0 aliphatic carbocycles. The second-order valence-electron chi connectivity index (χ2n) is 4.79. The molecule has 2 aromatic rings. The molecule has 0 fully saturated rings. The SMILES string of the molecule is CCc1ccc(OC(C)c2nnc(NC(=O)COC)s2)cc1.O=CO. The van der Waals surface area contributed by atoms with Gasteiger partial charge in [-0.25, -0.2) is 0 Å². The third-order valence-corrected chi connectivity index (χ3v) is 3.95. The zero-order valence-electron chi connectivity index (χ0n) is 14.3. The van der Waals surface area contributed by atoms with Gasteiger partial charge in [0.05, 0.1) is 0 Å². The number of hydrogen-bond acceptors (Lipinski definition) is 7. The van der Waals surface area contributed by atoms with Crippen LogP contribution >= 0.6 is 11.3 Å². The molecule has 0 spiro atoms. The summed E-state index contributed by atoms with van der Waals surface area (Å²) in [5.74, 6) is 0.527. The van der Waals surface area contributed by atoms with E-state index in [1.54, 1.807) is 0 Å². The number of carboxylic acid groups (broad SMARTS) is 1. The van der Waals surface area contributed by atoms with E-state index in [9.17, 15) is 4.79 Å². The maximum absolute atomic E-state index is 11.4. The summed E-state index contributed by atoms with van der Waals surface area (Å²) in [6, 6.07) is 7.96. The van der Waals surface area contributed by atoms with Gasteiger partial charge < -0.3 is 14.6 Å². The standard InChI is InChI=1S/C15H19N3O3S.CH2O2/c1-4-11-5-7-12(8-6-11)21-10(2)14-17-18-15(22-14)16-13(19)9-20-3;2-1-3/h5-8,10H,4,9H2,1-3H3,(H,16,18,19);1H,(H,2,3). The number of hydrogen-bond donors (Lipinski definition) is 2. The van der Waals surface area contributed by atoms with Gasteiger partial charge in [-0.05, 0) is 31.0 Å². The lowest BCUT2D eigenvalue weighted by molar-refractivity contribution is -0.123. The van der Waals surface area contributed by atoms with Crippen LogP contribution in [-0.2, 0) is 20.7 Å². The van der Waals surface area contributed by atoms with Crippen molar-refractivity contribution in [3.05, 3.63) is 34.8 Å². The van der Waals surface area contributed by atoms with Crippen molar-refractivity contribution in [2.45, 2.75) is 26.4 Å². The van der Waals surface area contributed by atoms with Gasteiger partial charge in [-0.3, -0.25) is 14.9 Å². The van der Waals surface area contributed by atoms with Gasteiger partial charge in [0.15, 0.2) is 5.01 Å². The van der Waals surface area contributed by atoms with E-state index in [1.165, 1.54) is 24.0 Å². The van der Waals surface area contributed by atoms with E-state index in [2.05, 4.69) is 22.4 Å². The predicted molar refractivity (Wildman–Crippen MR) is 94.0 cm³/mol. The maximum atomic E-state index is 11.4. The molecule has 1 atom stereocenters. The molecule has 0 saturated heterocycles. The van der Waals surface area contributed by atoms with Gasteiger partial charge >= 0.3 is 0 Å². The van der Waals surface area contributed by atoms with Crippen molar-refractivity contribution in [3.63, 3.8) is 0 Å². The van der Waals surface area contributed by atoms with Gasteiger partial charge in [0.25, 0.3) is 12.4 Å². The van der Waals surface area contributed by atoms with Crippen molar-refractivity contribution < 1.29 is 24.2 Å². The molecular formula is C16H21N3O5S. The highest BCUT2D eigenvalue weighted by Gasteiger charge is 2.15. The Kier molecular flexibility index (Phi) is 9.12. The molecule has 0 aliphatic rings. The fraction of sp³-hybridized carbons (Fsp3) is 0.375. The molecule has 0 aliphatic heterocycles. The number of aryl methyl sites for hydroxylation is 1. The van der Waals surface area contributed by atoms with E-state index >= 15 is 0 Å². The molecule has 2 N–H and O–H groups in total. The summed E-state index contributed by atoms with van der Waals surface area (Å²) < 4.78 is 10.6. The highest BCUT2D eigenvalue weighted by Crippen LogP contribution is 2.26. The molecule has 1 amide bonds. The van der Waals surface area contributed by atoms with Gasteiger partial charge in [-0.15, -0.1) is 10.2 Å². The summed E-state index contributed by atoms with van der Waals surface area (Å²) in [5.41, 5.74) is 1.26. The third kappa shape index (κ3) is 7.27. The van der Waals surface area contributed by atoms with E-state index < -0.39 is 0 Å². The molecule has 0 bridgehead atoms. The van der Waals surface area contributed by atoms with E-state index in [-0.39, 0.29) is 25.1 Å². The quantitative estimate of drug-likeness (QED) is 0.723. The normalized spacial score (nSPS) is 11.0. The Labute approximate surface area is 149 Å². The predicted octanol–water partition coefficient (Wildman–Crippen LogP) is 2.53. The number of methoxy groups -OCH3 is 1. The van der Waals surface area contributed by atoms with Gasteiger partial charge in [0.1, 0.15) is 18.5 Å². The fourth-order valence-corrected chi connectivity index (χ4v) is 2.53. The molecule has 8 nitrogen and oxygen atoms in total. The topological polar surface area (TPSA) is 111 Å². The molecular weight excluding hydrogens is 346 g/mol. The lowest BCUT2D eigenvalue weighted by atomic mass is 10.2. The molecule has 9 heteroatoms. The monoisotopic (exact) mass is 367 g/mol. The number of ether oxygens (including phenoxy) is 2. The summed E-state index contributed by atoms with van der Waals surface area (Å²) >= 11 is 1.29. The van der Waals surface area contributed by atoms with Crippen molar-refractivity contribution in [3.8, 4) is 5.75 Å². The number of amides is 1. The average Bonchev–Trinajstić information content (AvgIpc) is 3.05. The first kappa shape index (κ1) is 20.5. The minimum atomic E-state index is -0.256. The lowest BCUT2D eigenvalue weighted by Crippen LogP contribution is -2.16. The fourth-order valence-electron chi connectivity index (χ4n) is 1.79. The van der Waals surface area contributed by atoms with Gasteiger partial charge in [0.2, 0.25) is 5.13 Å². The van der Waals surface area contributed by atoms with Crippen LogP contribution in [-0.4, -0.2) is 41.4 Å². The van der Waals surface area contributed by atoms with Crippen molar-refractivity contribution in [1.82, 2.24) is 10.2 Å². The largest absolute Gasteiger partial charge is 0.483 e. The van der Waals surface area contributed by atoms with Crippen LogP contribution < -0.4 is 10.1 Å². The number of carbonyl (C=O) groups is 2. The summed E-state index contributed by atoms with van der Waals surface area (Å²) in [4.78, 5) is 19.8. The van der Waals surface area contributed by atoms with Crippen LogP contribution in [0.1, 0.15) is 30.5 Å². The second-order valence-corrected chi connectivity index (χ2v) is 5.80. The first-order chi connectivity index (χ1) is 12.0. The number of anilines is 1. The number of benzene rings is 1. The zero-order valence-corrected chi connectivity index (χ0v) is 15.1. The van der Waals surface area contributed by atoms with Crippen LogP contribution in [0, 0.1) is 0 Å². The summed E-state index contributed by atoms with van der Waals surface area (Å²) in [6.07, 6.45) is 0.759. The Balaban J connectivity index is 0.000000970.